The summed E-state index contributed by atoms with van der Waals surface area (Å²) in [6.07, 6.45) is 3.19. The van der Waals surface area contributed by atoms with Crippen LogP contribution in [0.15, 0.2) is 54.9 Å². The van der Waals surface area contributed by atoms with Gasteiger partial charge >= 0.3 is 5.97 Å². The number of carbonyl (C=O) groups excluding carboxylic acids is 1. The Hall–Kier alpha value is -2.66. The molecule has 0 aliphatic heterocycles. The summed E-state index contributed by atoms with van der Waals surface area (Å²) in [4.78, 5) is 20.3. The SMILES string of the molecule is O=C(OCCOc1ccc(Cl)cc1)c1ccc2nccnc2c1. The average molecular weight is 329 g/mol. The van der Waals surface area contributed by atoms with Gasteiger partial charge in [0, 0.05) is 17.4 Å². The first-order valence-electron chi connectivity index (χ1n) is 6.99. The van der Waals surface area contributed by atoms with E-state index in [1.54, 1.807) is 54.9 Å². The highest BCUT2D eigenvalue weighted by Crippen LogP contribution is 2.15. The fourth-order valence-electron chi connectivity index (χ4n) is 2.00. The van der Waals surface area contributed by atoms with Crippen molar-refractivity contribution in [2.24, 2.45) is 0 Å². The van der Waals surface area contributed by atoms with Gasteiger partial charge in [-0.1, -0.05) is 11.6 Å². The number of rotatable bonds is 5. The van der Waals surface area contributed by atoms with Crippen LogP contribution in [0.4, 0.5) is 0 Å². The quantitative estimate of drug-likeness (QED) is 0.529. The van der Waals surface area contributed by atoms with E-state index in [4.69, 9.17) is 21.1 Å². The maximum Gasteiger partial charge on any atom is 0.338 e. The van der Waals surface area contributed by atoms with Gasteiger partial charge in [0.05, 0.1) is 16.6 Å². The molecule has 0 spiro atoms. The molecule has 2 aromatic carbocycles. The van der Waals surface area contributed by atoms with Gasteiger partial charge in [0.25, 0.3) is 0 Å². The largest absolute Gasteiger partial charge is 0.490 e. The minimum absolute atomic E-state index is 0.153. The molecule has 1 aromatic heterocycles. The highest BCUT2D eigenvalue weighted by molar-refractivity contribution is 6.30. The first-order chi connectivity index (χ1) is 11.2. The minimum Gasteiger partial charge on any atom is -0.490 e. The molecule has 0 unspecified atom stereocenters. The molecule has 0 fully saturated rings. The number of benzene rings is 2. The molecule has 0 aliphatic rings. The second-order valence-electron chi connectivity index (χ2n) is 4.70. The summed E-state index contributed by atoms with van der Waals surface area (Å²) in [5.74, 6) is 0.253. The Morgan fingerprint density at radius 2 is 1.70 bits per heavy atom. The van der Waals surface area contributed by atoms with Crippen molar-refractivity contribution in [1.29, 1.82) is 0 Å². The zero-order valence-electron chi connectivity index (χ0n) is 12.1. The van der Waals surface area contributed by atoms with Crippen LogP contribution < -0.4 is 4.74 Å². The van der Waals surface area contributed by atoms with E-state index in [0.29, 0.717) is 21.9 Å². The maximum atomic E-state index is 12.0. The van der Waals surface area contributed by atoms with Crippen molar-refractivity contribution in [3.05, 3.63) is 65.4 Å². The van der Waals surface area contributed by atoms with E-state index in [-0.39, 0.29) is 13.2 Å². The van der Waals surface area contributed by atoms with E-state index >= 15 is 0 Å². The van der Waals surface area contributed by atoms with E-state index in [0.717, 1.165) is 5.52 Å². The number of hydrogen-bond acceptors (Lipinski definition) is 5. The molecule has 0 amide bonds. The number of halogens is 1. The summed E-state index contributed by atoms with van der Waals surface area (Å²) in [7, 11) is 0. The molecule has 0 saturated heterocycles. The number of ether oxygens (including phenoxy) is 2. The maximum absolute atomic E-state index is 12.0. The Morgan fingerprint density at radius 3 is 2.48 bits per heavy atom. The third-order valence-corrected chi connectivity index (χ3v) is 3.36. The van der Waals surface area contributed by atoms with Crippen LogP contribution in [0.2, 0.25) is 5.02 Å². The lowest BCUT2D eigenvalue weighted by atomic mass is 10.2. The van der Waals surface area contributed by atoms with Gasteiger partial charge in [-0.25, -0.2) is 4.79 Å². The van der Waals surface area contributed by atoms with E-state index in [1.165, 1.54) is 0 Å². The van der Waals surface area contributed by atoms with E-state index in [9.17, 15) is 4.79 Å². The summed E-state index contributed by atoms with van der Waals surface area (Å²) in [5, 5.41) is 0.642. The molecule has 0 N–H and O–H groups in total. The number of esters is 1. The lowest BCUT2D eigenvalue weighted by molar-refractivity contribution is 0.0450. The first kappa shape index (κ1) is 15.2. The van der Waals surface area contributed by atoms with E-state index in [1.807, 2.05) is 0 Å². The molecule has 0 aliphatic carbocycles. The molecule has 5 nitrogen and oxygen atoms in total. The Balaban J connectivity index is 1.53. The van der Waals surface area contributed by atoms with Gasteiger partial charge in [0.15, 0.2) is 0 Å². The number of carbonyl (C=O) groups is 1. The van der Waals surface area contributed by atoms with Gasteiger partial charge in [-0.05, 0) is 42.5 Å². The van der Waals surface area contributed by atoms with Crippen molar-refractivity contribution in [2.45, 2.75) is 0 Å². The predicted molar refractivity (Wildman–Crippen MR) is 86.8 cm³/mol. The van der Waals surface area contributed by atoms with Crippen LogP contribution >= 0.6 is 11.6 Å². The van der Waals surface area contributed by atoms with Crippen LogP contribution in [-0.4, -0.2) is 29.2 Å². The van der Waals surface area contributed by atoms with Crippen molar-refractivity contribution >= 4 is 28.6 Å². The Morgan fingerprint density at radius 1 is 0.957 bits per heavy atom. The topological polar surface area (TPSA) is 61.3 Å². The van der Waals surface area contributed by atoms with Crippen LogP contribution in [0.3, 0.4) is 0 Å². The third-order valence-electron chi connectivity index (χ3n) is 3.10. The molecule has 0 saturated carbocycles. The molecular formula is C17H13ClN2O3. The number of hydrogen-bond donors (Lipinski definition) is 0. The number of aromatic nitrogens is 2. The standard InChI is InChI=1S/C17H13ClN2O3/c18-13-2-4-14(5-3-13)22-9-10-23-17(21)12-1-6-15-16(11-12)20-8-7-19-15/h1-8,11H,9-10H2. The fraction of sp³-hybridized carbons (Fsp3) is 0.118. The van der Waals surface area contributed by atoms with Gasteiger partial charge in [0.1, 0.15) is 19.0 Å². The van der Waals surface area contributed by atoms with Crippen LogP contribution in [-0.2, 0) is 4.74 Å². The summed E-state index contributed by atoms with van der Waals surface area (Å²) in [6, 6.07) is 12.0. The lowest BCUT2D eigenvalue weighted by Gasteiger charge is -2.07. The second-order valence-corrected chi connectivity index (χ2v) is 5.13. The number of nitrogens with zero attached hydrogens (tertiary/aromatic N) is 2. The first-order valence-corrected chi connectivity index (χ1v) is 7.36. The van der Waals surface area contributed by atoms with Crippen LogP contribution in [0, 0.1) is 0 Å². The van der Waals surface area contributed by atoms with Gasteiger partial charge in [-0.15, -0.1) is 0 Å². The summed E-state index contributed by atoms with van der Waals surface area (Å²) >= 11 is 5.79. The monoisotopic (exact) mass is 328 g/mol. The normalized spacial score (nSPS) is 10.5. The van der Waals surface area contributed by atoms with Crippen LogP contribution in [0.5, 0.6) is 5.75 Å². The van der Waals surface area contributed by atoms with Crippen molar-refractivity contribution in [2.75, 3.05) is 13.2 Å². The summed E-state index contributed by atoms with van der Waals surface area (Å²) < 4.78 is 10.6. The highest BCUT2D eigenvalue weighted by atomic mass is 35.5. The molecule has 116 valence electrons. The molecule has 3 aromatic rings. The molecule has 6 heteroatoms. The zero-order chi connectivity index (χ0) is 16.1. The van der Waals surface area contributed by atoms with Crippen molar-refractivity contribution in [1.82, 2.24) is 9.97 Å². The average Bonchev–Trinajstić information content (AvgIpc) is 2.59. The Kier molecular flexibility index (Phi) is 4.68. The predicted octanol–water partition coefficient (Wildman–Crippen LogP) is 3.52. The second kappa shape index (κ2) is 7.07. The number of fused-ring (bicyclic) bond motifs is 1. The molecule has 23 heavy (non-hydrogen) atoms. The minimum atomic E-state index is -0.419. The summed E-state index contributed by atoms with van der Waals surface area (Å²) in [5.41, 5.74) is 1.82. The smallest absolute Gasteiger partial charge is 0.338 e. The van der Waals surface area contributed by atoms with Gasteiger partial charge in [0.2, 0.25) is 0 Å². The Bertz CT molecular complexity index is 821. The summed E-state index contributed by atoms with van der Waals surface area (Å²) in [6.45, 7) is 0.417. The molecular weight excluding hydrogens is 316 g/mol. The third kappa shape index (κ3) is 3.96. The van der Waals surface area contributed by atoms with Crippen molar-refractivity contribution in [3.63, 3.8) is 0 Å². The fourth-order valence-corrected chi connectivity index (χ4v) is 2.12. The zero-order valence-corrected chi connectivity index (χ0v) is 12.9. The van der Waals surface area contributed by atoms with Gasteiger partial charge in [-0.3, -0.25) is 9.97 Å². The molecule has 3 rings (SSSR count). The highest BCUT2D eigenvalue weighted by Gasteiger charge is 2.08. The lowest BCUT2D eigenvalue weighted by Crippen LogP contribution is -2.12. The Labute approximate surface area is 137 Å². The van der Waals surface area contributed by atoms with Gasteiger partial charge < -0.3 is 9.47 Å². The molecule has 0 atom stereocenters. The van der Waals surface area contributed by atoms with E-state index < -0.39 is 5.97 Å². The molecule has 0 radical (unpaired) electrons. The van der Waals surface area contributed by atoms with Crippen molar-refractivity contribution in [3.8, 4) is 5.75 Å². The van der Waals surface area contributed by atoms with E-state index in [2.05, 4.69) is 9.97 Å². The van der Waals surface area contributed by atoms with Crippen molar-refractivity contribution < 1.29 is 14.3 Å². The van der Waals surface area contributed by atoms with Crippen LogP contribution in [0.1, 0.15) is 10.4 Å². The molecule has 1 heterocycles. The van der Waals surface area contributed by atoms with Gasteiger partial charge in [-0.2, -0.15) is 0 Å². The van der Waals surface area contributed by atoms with Crippen LogP contribution in [0.25, 0.3) is 11.0 Å². The molecule has 0 bridgehead atoms.